The summed E-state index contributed by atoms with van der Waals surface area (Å²) >= 11 is 2.18. The summed E-state index contributed by atoms with van der Waals surface area (Å²) < 4.78 is 0. The van der Waals surface area contributed by atoms with Gasteiger partial charge in [0.2, 0.25) is 0 Å². The Kier molecular flexibility index (Phi) is 3.84. The van der Waals surface area contributed by atoms with Gasteiger partial charge in [-0.15, -0.1) is 0 Å². The van der Waals surface area contributed by atoms with Gasteiger partial charge in [0.15, 0.2) is 0 Å². The second-order valence-corrected chi connectivity index (χ2v) is 12.0. The molecule has 0 aromatic heterocycles. The third-order valence-corrected chi connectivity index (χ3v) is 11.1. The third-order valence-electron chi connectivity index (χ3n) is 4.04. The van der Waals surface area contributed by atoms with E-state index in [1.165, 1.54) is 12.2 Å². The SMILES string of the molecule is CC1=C(C)CC([Si](C)(C)c2ccccc2)SC1. The van der Waals surface area contributed by atoms with Crippen molar-refractivity contribution in [2.45, 2.75) is 38.2 Å². The fraction of sp³-hybridized carbons (Fsp3) is 0.467. The molecule has 2 rings (SSSR count). The normalized spacial score (nSPS) is 21.8. The predicted molar refractivity (Wildman–Crippen MR) is 82.8 cm³/mol. The van der Waals surface area contributed by atoms with E-state index in [9.17, 15) is 0 Å². The standard InChI is InChI=1S/C15H22SSi/c1-12-10-15(16-11-13(12)2)17(3,4)14-8-6-5-7-9-14/h5-9,15H,10-11H2,1-4H3. The second-order valence-electron chi connectivity index (χ2n) is 5.65. The Morgan fingerprint density at radius 2 is 1.71 bits per heavy atom. The van der Waals surface area contributed by atoms with Crippen LogP contribution in [0.1, 0.15) is 20.3 Å². The second kappa shape index (κ2) is 5.03. The molecule has 0 amide bonds. The van der Waals surface area contributed by atoms with Crippen molar-refractivity contribution in [1.82, 2.24) is 0 Å². The van der Waals surface area contributed by atoms with E-state index in [2.05, 4.69) is 69.0 Å². The van der Waals surface area contributed by atoms with Crippen LogP contribution in [-0.4, -0.2) is 18.7 Å². The zero-order valence-corrected chi connectivity index (χ0v) is 13.1. The number of hydrogen-bond donors (Lipinski definition) is 0. The van der Waals surface area contributed by atoms with E-state index in [1.807, 2.05) is 0 Å². The molecule has 1 aliphatic rings. The maximum absolute atomic E-state index is 2.52. The molecule has 0 radical (unpaired) electrons. The lowest BCUT2D eigenvalue weighted by atomic mass is 10.1. The van der Waals surface area contributed by atoms with Gasteiger partial charge in [0.25, 0.3) is 0 Å². The van der Waals surface area contributed by atoms with Crippen molar-refractivity contribution in [2.75, 3.05) is 5.75 Å². The summed E-state index contributed by atoms with van der Waals surface area (Å²) in [6, 6.07) is 11.1. The van der Waals surface area contributed by atoms with Crippen molar-refractivity contribution >= 4 is 25.0 Å². The molecular weight excluding hydrogens is 240 g/mol. The van der Waals surface area contributed by atoms with Crippen LogP contribution in [-0.2, 0) is 0 Å². The molecule has 0 saturated heterocycles. The van der Waals surface area contributed by atoms with Gasteiger partial charge < -0.3 is 0 Å². The summed E-state index contributed by atoms with van der Waals surface area (Å²) in [5, 5.41) is 1.60. The topological polar surface area (TPSA) is 0 Å². The summed E-state index contributed by atoms with van der Waals surface area (Å²) in [6.45, 7) is 9.65. The predicted octanol–water partition coefficient (Wildman–Crippen LogP) is 3.98. The van der Waals surface area contributed by atoms with Gasteiger partial charge in [0.1, 0.15) is 0 Å². The van der Waals surface area contributed by atoms with Crippen LogP contribution < -0.4 is 5.19 Å². The zero-order valence-electron chi connectivity index (χ0n) is 11.3. The molecule has 2 heteroatoms. The average Bonchev–Trinajstić information content (AvgIpc) is 2.33. The molecule has 17 heavy (non-hydrogen) atoms. The molecule has 0 nitrogen and oxygen atoms in total. The van der Waals surface area contributed by atoms with Crippen LogP contribution in [0.5, 0.6) is 0 Å². The quantitative estimate of drug-likeness (QED) is 0.574. The van der Waals surface area contributed by atoms with Gasteiger partial charge in [-0.2, -0.15) is 11.8 Å². The highest BCUT2D eigenvalue weighted by Crippen LogP contribution is 2.35. The molecule has 0 spiro atoms. The van der Waals surface area contributed by atoms with Crippen LogP contribution in [0.2, 0.25) is 13.1 Å². The Morgan fingerprint density at radius 3 is 2.29 bits per heavy atom. The Labute approximate surface area is 111 Å². The minimum atomic E-state index is -1.32. The molecule has 0 fully saturated rings. The smallest absolute Gasteiger partial charge is 0.0941 e. The fourth-order valence-corrected chi connectivity index (χ4v) is 8.01. The summed E-state index contributed by atoms with van der Waals surface area (Å²) in [4.78, 5) is 0.841. The van der Waals surface area contributed by atoms with Crippen molar-refractivity contribution in [1.29, 1.82) is 0 Å². The first-order valence-electron chi connectivity index (χ1n) is 6.34. The van der Waals surface area contributed by atoms with Crippen molar-refractivity contribution in [3.05, 3.63) is 41.5 Å². The molecule has 0 N–H and O–H groups in total. The van der Waals surface area contributed by atoms with E-state index in [4.69, 9.17) is 0 Å². The Balaban J connectivity index is 2.23. The Hall–Kier alpha value is -0.473. The van der Waals surface area contributed by atoms with E-state index in [-0.39, 0.29) is 0 Å². The van der Waals surface area contributed by atoms with Crippen LogP contribution in [0.4, 0.5) is 0 Å². The highest BCUT2D eigenvalue weighted by atomic mass is 32.2. The van der Waals surface area contributed by atoms with E-state index in [0.29, 0.717) is 0 Å². The van der Waals surface area contributed by atoms with E-state index >= 15 is 0 Å². The summed E-state index contributed by atoms with van der Waals surface area (Å²) in [7, 11) is -1.32. The first kappa shape index (κ1) is 13.0. The van der Waals surface area contributed by atoms with Crippen molar-refractivity contribution < 1.29 is 0 Å². The van der Waals surface area contributed by atoms with Crippen molar-refractivity contribution in [2.24, 2.45) is 0 Å². The molecule has 1 heterocycles. The van der Waals surface area contributed by atoms with Gasteiger partial charge in [-0.05, 0) is 20.3 Å². The molecule has 1 aromatic carbocycles. The number of rotatable bonds is 2. The number of hydrogen-bond acceptors (Lipinski definition) is 1. The molecule has 1 atom stereocenters. The lowest BCUT2D eigenvalue weighted by molar-refractivity contribution is 0.981. The van der Waals surface area contributed by atoms with Gasteiger partial charge in [-0.25, -0.2) is 0 Å². The Morgan fingerprint density at radius 1 is 1.06 bits per heavy atom. The summed E-state index contributed by atoms with van der Waals surface area (Å²) in [6.07, 6.45) is 1.30. The van der Waals surface area contributed by atoms with Crippen LogP contribution in [0, 0.1) is 0 Å². The highest BCUT2D eigenvalue weighted by molar-refractivity contribution is 8.02. The van der Waals surface area contributed by atoms with Crippen LogP contribution >= 0.6 is 11.8 Å². The fourth-order valence-electron chi connectivity index (χ4n) is 2.38. The van der Waals surface area contributed by atoms with Crippen molar-refractivity contribution in [3.8, 4) is 0 Å². The average molecular weight is 262 g/mol. The molecule has 92 valence electrons. The maximum Gasteiger partial charge on any atom is 0.0941 e. The van der Waals surface area contributed by atoms with Gasteiger partial charge in [-0.3, -0.25) is 0 Å². The zero-order chi connectivity index (χ0) is 12.5. The van der Waals surface area contributed by atoms with E-state index < -0.39 is 8.07 Å². The maximum atomic E-state index is 2.52. The van der Waals surface area contributed by atoms with E-state index in [1.54, 1.807) is 16.3 Å². The molecule has 1 unspecified atom stereocenters. The summed E-state index contributed by atoms with van der Waals surface area (Å²) in [5.74, 6) is 1.24. The van der Waals surface area contributed by atoms with Gasteiger partial charge in [0.05, 0.1) is 8.07 Å². The monoisotopic (exact) mass is 262 g/mol. The lowest BCUT2D eigenvalue weighted by Gasteiger charge is -2.36. The van der Waals surface area contributed by atoms with Gasteiger partial charge in [-0.1, -0.05) is 59.8 Å². The molecule has 0 saturated carbocycles. The minimum absolute atomic E-state index is 0.841. The molecule has 0 aliphatic carbocycles. The van der Waals surface area contributed by atoms with Gasteiger partial charge in [0, 0.05) is 10.6 Å². The first-order chi connectivity index (χ1) is 8.01. The van der Waals surface area contributed by atoms with Crippen LogP contribution in [0.15, 0.2) is 41.5 Å². The Bertz CT molecular complexity index is 420. The number of thioether (sulfide) groups is 1. The largest absolute Gasteiger partial charge is 0.156 e. The first-order valence-corrected chi connectivity index (χ1v) is 10.5. The molecule has 1 aromatic rings. The van der Waals surface area contributed by atoms with Crippen LogP contribution in [0.3, 0.4) is 0 Å². The third kappa shape index (κ3) is 2.69. The lowest BCUT2D eigenvalue weighted by Crippen LogP contribution is -2.52. The van der Waals surface area contributed by atoms with E-state index in [0.717, 1.165) is 4.87 Å². The molecular formula is C15H22SSi. The number of allylic oxidation sites excluding steroid dienone is 1. The van der Waals surface area contributed by atoms with Crippen molar-refractivity contribution in [3.63, 3.8) is 0 Å². The number of benzene rings is 1. The minimum Gasteiger partial charge on any atom is -0.156 e. The highest BCUT2D eigenvalue weighted by Gasteiger charge is 2.35. The van der Waals surface area contributed by atoms with Crippen LogP contribution in [0.25, 0.3) is 0 Å². The van der Waals surface area contributed by atoms with Gasteiger partial charge >= 0.3 is 0 Å². The summed E-state index contributed by atoms with van der Waals surface area (Å²) in [5.41, 5.74) is 3.23. The molecule has 1 aliphatic heterocycles. The molecule has 0 bridgehead atoms.